The molecule has 0 saturated heterocycles. The van der Waals surface area contributed by atoms with Gasteiger partial charge in [-0.05, 0) is 37.1 Å². The summed E-state index contributed by atoms with van der Waals surface area (Å²) in [5, 5.41) is 11.7. The first-order valence-electron chi connectivity index (χ1n) is 6.31. The second-order valence-electron chi connectivity index (χ2n) is 4.60. The number of amides is 1. The van der Waals surface area contributed by atoms with Crippen LogP contribution in [0.5, 0.6) is 0 Å². The molecular weight excluding hydrogens is 244 g/mol. The molecule has 1 rings (SSSR count). The predicted molar refractivity (Wildman–Crippen MR) is 74.2 cm³/mol. The second-order valence-corrected chi connectivity index (χ2v) is 4.60. The molecule has 0 bridgehead atoms. The monoisotopic (exact) mass is 264 g/mol. The molecule has 1 aromatic carbocycles. The van der Waals surface area contributed by atoms with Gasteiger partial charge in [0.05, 0.1) is 5.56 Å². The Morgan fingerprint density at radius 2 is 2.11 bits per heavy atom. The van der Waals surface area contributed by atoms with Gasteiger partial charge in [0.1, 0.15) is 0 Å². The number of carboxylic acid groups (broad SMARTS) is 1. The number of hydrogen-bond donors (Lipinski definition) is 3. The van der Waals surface area contributed by atoms with Crippen LogP contribution in [0.3, 0.4) is 0 Å². The highest BCUT2D eigenvalue weighted by Crippen LogP contribution is 2.18. The topological polar surface area (TPSA) is 92.4 Å². The maximum absolute atomic E-state index is 11.9. The number of rotatable bonds is 6. The molecular formula is C14H20N2O3. The third-order valence-electron chi connectivity index (χ3n) is 3.14. The molecule has 0 fully saturated rings. The number of hydrogen-bond acceptors (Lipinski definition) is 3. The van der Waals surface area contributed by atoms with Crippen molar-refractivity contribution in [3.05, 3.63) is 29.3 Å². The van der Waals surface area contributed by atoms with E-state index in [1.165, 1.54) is 12.1 Å². The third-order valence-corrected chi connectivity index (χ3v) is 3.14. The van der Waals surface area contributed by atoms with E-state index in [1.807, 2.05) is 13.8 Å². The van der Waals surface area contributed by atoms with E-state index in [4.69, 9.17) is 10.8 Å². The number of nitrogens with one attached hydrogen (secondary N) is 1. The Hall–Kier alpha value is -1.88. The summed E-state index contributed by atoms with van der Waals surface area (Å²) in [4.78, 5) is 22.8. The highest BCUT2D eigenvalue weighted by molar-refractivity contribution is 5.94. The number of carbonyl (C=O) groups is 2. The van der Waals surface area contributed by atoms with Gasteiger partial charge in [0.2, 0.25) is 5.91 Å². The molecule has 0 radical (unpaired) electrons. The third kappa shape index (κ3) is 4.37. The lowest BCUT2D eigenvalue weighted by Crippen LogP contribution is -2.22. The number of carbonyl (C=O) groups excluding carboxylic acids is 1. The number of aromatic carboxylic acids is 1. The molecule has 0 aliphatic heterocycles. The van der Waals surface area contributed by atoms with Crippen molar-refractivity contribution in [1.82, 2.24) is 0 Å². The van der Waals surface area contributed by atoms with Gasteiger partial charge in [0.25, 0.3) is 0 Å². The van der Waals surface area contributed by atoms with Crippen molar-refractivity contribution >= 4 is 17.6 Å². The molecule has 0 aromatic heterocycles. The number of nitrogens with two attached hydrogens (primary N) is 1. The van der Waals surface area contributed by atoms with Crippen molar-refractivity contribution < 1.29 is 14.7 Å². The van der Waals surface area contributed by atoms with Gasteiger partial charge < -0.3 is 16.2 Å². The van der Waals surface area contributed by atoms with Crippen LogP contribution in [0.4, 0.5) is 5.69 Å². The van der Waals surface area contributed by atoms with E-state index in [0.29, 0.717) is 18.7 Å². The SMILES string of the molecule is CCC(CN)CC(=O)Nc1cc(C(=O)O)ccc1C. The highest BCUT2D eigenvalue weighted by atomic mass is 16.4. The summed E-state index contributed by atoms with van der Waals surface area (Å²) in [6.07, 6.45) is 1.20. The molecule has 5 heteroatoms. The number of benzene rings is 1. The van der Waals surface area contributed by atoms with Gasteiger partial charge in [-0.25, -0.2) is 4.79 Å². The molecule has 104 valence electrons. The van der Waals surface area contributed by atoms with Crippen LogP contribution in [0.2, 0.25) is 0 Å². The fraction of sp³-hybridized carbons (Fsp3) is 0.429. The largest absolute Gasteiger partial charge is 0.478 e. The summed E-state index contributed by atoms with van der Waals surface area (Å²) in [5.74, 6) is -0.991. The van der Waals surface area contributed by atoms with Crippen LogP contribution >= 0.6 is 0 Å². The first kappa shape index (κ1) is 15.2. The first-order valence-corrected chi connectivity index (χ1v) is 6.31. The average molecular weight is 264 g/mol. The Bertz CT molecular complexity index is 468. The lowest BCUT2D eigenvalue weighted by molar-refractivity contribution is -0.117. The molecule has 0 heterocycles. The Morgan fingerprint density at radius 3 is 2.63 bits per heavy atom. The Balaban J connectivity index is 2.78. The lowest BCUT2D eigenvalue weighted by Gasteiger charge is -2.13. The maximum atomic E-state index is 11.9. The molecule has 1 unspecified atom stereocenters. The Labute approximate surface area is 112 Å². The lowest BCUT2D eigenvalue weighted by atomic mass is 10.0. The highest BCUT2D eigenvalue weighted by Gasteiger charge is 2.13. The van der Waals surface area contributed by atoms with E-state index in [0.717, 1.165) is 12.0 Å². The van der Waals surface area contributed by atoms with Gasteiger partial charge in [-0.15, -0.1) is 0 Å². The predicted octanol–water partition coefficient (Wildman–Crippen LogP) is 2.01. The summed E-state index contributed by atoms with van der Waals surface area (Å²) in [5.41, 5.74) is 7.09. The van der Waals surface area contributed by atoms with Crippen molar-refractivity contribution in [1.29, 1.82) is 0 Å². The number of anilines is 1. The molecule has 4 N–H and O–H groups in total. The minimum Gasteiger partial charge on any atom is -0.478 e. The van der Waals surface area contributed by atoms with Crippen LogP contribution in [0.1, 0.15) is 35.7 Å². The van der Waals surface area contributed by atoms with Gasteiger partial charge in [-0.1, -0.05) is 19.4 Å². The van der Waals surface area contributed by atoms with E-state index >= 15 is 0 Å². The van der Waals surface area contributed by atoms with Crippen LogP contribution in [-0.4, -0.2) is 23.5 Å². The molecule has 5 nitrogen and oxygen atoms in total. The summed E-state index contributed by atoms with van der Waals surface area (Å²) in [6.45, 7) is 4.28. The molecule has 1 atom stereocenters. The van der Waals surface area contributed by atoms with Crippen molar-refractivity contribution in [3.63, 3.8) is 0 Å². The standard InChI is InChI=1S/C14H20N2O3/c1-3-10(8-15)6-13(17)16-12-7-11(14(18)19)5-4-9(12)2/h4-5,7,10H,3,6,8,15H2,1-2H3,(H,16,17)(H,18,19). The molecule has 19 heavy (non-hydrogen) atoms. The van der Waals surface area contributed by atoms with E-state index in [2.05, 4.69) is 5.32 Å². The zero-order chi connectivity index (χ0) is 14.4. The van der Waals surface area contributed by atoms with Crippen molar-refractivity contribution in [2.75, 3.05) is 11.9 Å². The summed E-state index contributed by atoms with van der Waals surface area (Å²) in [6, 6.07) is 4.67. The molecule has 1 aromatic rings. The van der Waals surface area contributed by atoms with Crippen molar-refractivity contribution in [3.8, 4) is 0 Å². The Morgan fingerprint density at radius 1 is 1.42 bits per heavy atom. The van der Waals surface area contributed by atoms with Crippen LogP contribution in [0.25, 0.3) is 0 Å². The molecule has 0 saturated carbocycles. The zero-order valence-electron chi connectivity index (χ0n) is 11.3. The van der Waals surface area contributed by atoms with Gasteiger partial charge in [-0.2, -0.15) is 0 Å². The molecule has 0 spiro atoms. The normalized spacial score (nSPS) is 11.9. The molecule has 0 aliphatic rings. The van der Waals surface area contributed by atoms with Gasteiger partial charge in [0, 0.05) is 12.1 Å². The number of carboxylic acids is 1. The summed E-state index contributed by atoms with van der Waals surface area (Å²) in [7, 11) is 0. The first-order chi connectivity index (χ1) is 8.97. The second kappa shape index (κ2) is 6.89. The fourth-order valence-corrected chi connectivity index (χ4v) is 1.75. The van der Waals surface area contributed by atoms with Gasteiger partial charge in [-0.3, -0.25) is 4.79 Å². The van der Waals surface area contributed by atoms with E-state index in [-0.39, 0.29) is 17.4 Å². The smallest absolute Gasteiger partial charge is 0.335 e. The van der Waals surface area contributed by atoms with Gasteiger partial charge >= 0.3 is 5.97 Å². The molecule has 1 amide bonds. The maximum Gasteiger partial charge on any atom is 0.335 e. The number of aryl methyl sites for hydroxylation is 1. The fourth-order valence-electron chi connectivity index (χ4n) is 1.75. The Kier molecular flexibility index (Phi) is 5.51. The van der Waals surface area contributed by atoms with Crippen LogP contribution < -0.4 is 11.1 Å². The zero-order valence-corrected chi connectivity index (χ0v) is 11.3. The summed E-state index contributed by atoms with van der Waals surface area (Å²) >= 11 is 0. The van der Waals surface area contributed by atoms with Gasteiger partial charge in [0.15, 0.2) is 0 Å². The summed E-state index contributed by atoms with van der Waals surface area (Å²) < 4.78 is 0. The minimum absolute atomic E-state index is 0.136. The van der Waals surface area contributed by atoms with Crippen LogP contribution in [0, 0.1) is 12.8 Å². The average Bonchev–Trinajstić information content (AvgIpc) is 2.38. The van der Waals surface area contributed by atoms with Crippen LogP contribution in [0.15, 0.2) is 18.2 Å². The molecule has 0 aliphatic carbocycles. The van der Waals surface area contributed by atoms with E-state index < -0.39 is 5.97 Å². The quantitative estimate of drug-likeness (QED) is 0.732. The van der Waals surface area contributed by atoms with Crippen molar-refractivity contribution in [2.45, 2.75) is 26.7 Å². The van der Waals surface area contributed by atoms with Crippen molar-refractivity contribution in [2.24, 2.45) is 11.7 Å². The van der Waals surface area contributed by atoms with E-state index in [9.17, 15) is 9.59 Å². The van der Waals surface area contributed by atoms with Crippen LogP contribution in [-0.2, 0) is 4.79 Å². The minimum atomic E-state index is -1.01. The van der Waals surface area contributed by atoms with E-state index in [1.54, 1.807) is 6.07 Å².